The summed E-state index contributed by atoms with van der Waals surface area (Å²) >= 11 is 3.29. The van der Waals surface area contributed by atoms with E-state index < -0.39 is 48.6 Å². The first-order valence-corrected chi connectivity index (χ1v) is 9.52. The summed E-state index contributed by atoms with van der Waals surface area (Å²) in [4.78, 5) is 34.9. The van der Waals surface area contributed by atoms with Crippen LogP contribution in [0.25, 0.3) is 0 Å². The molecule has 1 saturated heterocycles. The summed E-state index contributed by atoms with van der Waals surface area (Å²) in [5, 5.41) is 8.46. The Hall–Kier alpha value is -2.01. The van der Waals surface area contributed by atoms with Gasteiger partial charge in [0.15, 0.2) is 24.5 Å². The maximum absolute atomic E-state index is 11.7. The van der Waals surface area contributed by atoms with Crippen LogP contribution in [0.3, 0.4) is 0 Å². The second-order valence-electron chi connectivity index (χ2n) is 6.02. The Morgan fingerprint density at radius 3 is 2.11 bits per heavy atom. The normalized spacial score (nSPS) is 27.7. The van der Waals surface area contributed by atoms with Crippen LogP contribution in [0, 0.1) is 0 Å². The molecular weight excluding hydrogens is 426 g/mol. The molecule has 27 heavy (non-hydrogen) atoms. The van der Waals surface area contributed by atoms with Crippen LogP contribution in [0.2, 0.25) is 0 Å². The molecule has 0 radical (unpaired) electrons. The van der Waals surface area contributed by atoms with E-state index in [2.05, 4.69) is 26.2 Å². The lowest BCUT2D eigenvalue weighted by Gasteiger charge is -2.44. The molecule has 0 N–H and O–H groups in total. The monoisotopic (exact) mass is 447 g/mol. The third-order valence-electron chi connectivity index (χ3n) is 3.87. The van der Waals surface area contributed by atoms with E-state index in [1.54, 1.807) is 6.20 Å². The molecule has 0 saturated carbocycles. The number of halogens is 1. The summed E-state index contributed by atoms with van der Waals surface area (Å²) in [6.07, 6.45) is -2.50. The third-order valence-corrected chi connectivity index (χ3v) is 4.45. The van der Waals surface area contributed by atoms with Crippen molar-refractivity contribution in [1.82, 2.24) is 15.0 Å². The lowest BCUT2D eigenvalue weighted by atomic mass is 9.95. The molecule has 0 aliphatic carbocycles. The summed E-state index contributed by atoms with van der Waals surface area (Å²) in [6, 6.07) is 0. The lowest BCUT2D eigenvalue weighted by Crippen LogP contribution is -2.59. The number of hydrogen-bond donors (Lipinski definition) is 0. The fourth-order valence-electron chi connectivity index (χ4n) is 2.91. The van der Waals surface area contributed by atoms with Gasteiger partial charge >= 0.3 is 17.9 Å². The predicted molar refractivity (Wildman–Crippen MR) is 93.5 cm³/mol. The van der Waals surface area contributed by atoms with E-state index in [1.165, 1.54) is 25.5 Å². The Morgan fingerprint density at radius 1 is 1.07 bits per heavy atom. The molecule has 11 heteroatoms. The quantitative estimate of drug-likeness (QED) is 0.360. The standard InChI is InChI=1S/C16H22BrN3O7/c1-5-12-13(24-8(2)21)14(25-9(3)22)15(26-10(4)23)16(27-12)20-7-11(6-17)18-19-20/h7,12-16H,5-6H2,1-4H3/t12-,13-,14+,15-,16-/m1/s1. The number of rotatable bonds is 6. The third kappa shape index (κ3) is 5.25. The van der Waals surface area contributed by atoms with E-state index >= 15 is 0 Å². The van der Waals surface area contributed by atoms with Crippen LogP contribution in [0.5, 0.6) is 0 Å². The smallest absolute Gasteiger partial charge is 0.303 e. The van der Waals surface area contributed by atoms with Crippen LogP contribution >= 0.6 is 15.9 Å². The fourth-order valence-corrected chi connectivity index (χ4v) is 3.17. The predicted octanol–water partition coefficient (Wildman–Crippen LogP) is 1.28. The molecular formula is C16H22BrN3O7. The molecule has 1 aliphatic heterocycles. The molecule has 0 amide bonds. The van der Waals surface area contributed by atoms with Crippen molar-refractivity contribution in [3.8, 4) is 0 Å². The molecule has 0 spiro atoms. The lowest BCUT2D eigenvalue weighted by molar-refractivity contribution is -0.265. The summed E-state index contributed by atoms with van der Waals surface area (Å²) in [5.41, 5.74) is 0.638. The van der Waals surface area contributed by atoms with Crippen molar-refractivity contribution in [3.63, 3.8) is 0 Å². The molecule has 0 aromatic carbocycles. The van der Waals surface area contributed by atoms with Gasteiger partial charge in [-0.2, -0.15) is 0 Å². The summed E-state index contributed by atoms with van der Waals surface area (Å²) in [7, 11) is 0. The van der Waals surface area contributed by atoms with Crippen LogP contribution in [-0.2, 0) is 38.7 Å². The average Bonchev–Trinajstić information content (AvgIpc) is 3.05. The first-order chi connectivity index (χ1) is 12.8. The Morgan fingerprint density at radius 2 is 1.63 bits per heavy atom. The Bertz CT molecular complexity index is 695. The highest BCUT2D eigenvalue weighted by molar-refractivity contribution is 9.08. The van der Waals surface area contributed by atoms with Gasteiger partial charge in [0.05, 0.1) is 11.9 Å². The molecule has 150 valence electrons. The SMILES string of the molecule is CC[C@H]1O[C@@H](n2cc(CBr)nn2)[C@H](OC(C)=O)[C@@H](OC(C)=O)[C@@H]1OC(C)=O. The Balaban J connectivity index is 2.47. The molecule has 10 nitrogen and oxygen atoms in total. The van der Waals surface area contributed by atoms with Gasteiger partial charge in [0.2, 0.25) is 0 Å². The number of nitrogens with zero attached hydrogens (tertiary/aromatic N) is 3. The van der Waals surface area contributed by atoms with Gasteiger partial charge in [-0.15, -0.1) is 5.10 Å². The van der Waals surface area contributed by atoms with Crippen molar-refractivity contribution in [2.75, 3.05) is 0 Å². The van der Waals surface area contributed by atoms with Gasteiger partial charge in [0.25, 0.3) is 0 Å². The molecule has 5 atom stereocenters. The van der Waals surface area contributed by atoms with Gasteiger partial charge in [-0.05, 0) is 6.42 Å². The molecule has 0 bridgehead atoms. The van der Waals surface area contributed by atoms with Crippen molar-refractivity contribution in [3.05, 3.63) is 11.9 Å². The summed E-state index contributed by atoms with van der Waals surface area (Å²) < 4.78 is 23.5. The summed E-state index contributed by atoms with van der Waals surface area (Å²) in [6.45, 7) is 5.52. The van der Waals surface area contributed by atoms with Crippen molar-refractivity contribution in [2.45, 2.75) is 70.1 Å². The molecule has 2 heterocycles. The van der Waals surface area contributed by atoms with Gasteiger partial charge in [0, 0.05) is 26.1 Å². The van der Waals surface area contributed by atoms with Crippen LogP contribution in [0.15, 0.2) is 6.20 Å². The average molecular weight is 448 g/mol. The molecule has 1 aliphatic rings. The minimum Gasteiger partial charge on any atom is -0.456 e. The molecule has 1 aromatic rings. The second kappa shape index (κ2) is 9.27. The fraction of sp³-hybridized carbons (Fsp3) is 0.688. The van der Waals surface area contributed by atoms with E-state index in [0.29, 0.717) is 17.4 Å². The van der Waals surface area contributed by atoms with Gasteiger partial charge < -0.3 is 18.9 Å². The zero-order valence-electron chi connectivity index (χ0n) is 15.5. The van der Waals surface area contributed by atoms with Gasteiger partial charge in [0.1, 0.15) is 6.10 Å². The van der Waals surface area contributed by atoms with E-state index in [9.17, 15) is 14.4 Å². The van der Waals surface area contributed by atoms with Crippen LogP contribution < -0.4 is 0 Å². The molecule has 1 fully saturated rings. The van der Waals surface area contributed by atoms with E-state index in [0.717, 1.165) is 0 Å². The number of alkyl halides is 1. The number of ether oxygens (including phenoxy) is 4. The number of esters is 3. The highest BCUT2D eigenvalue weighted by Gasteiger charge is 2.52. The van der Waals surface area contributed by atoms with E-state index in [1.807, 2.05) is 6.92 Å². The van der Waals surface area contributed by atoms with Crippen LogP contribution in [0.1, 0.15) is 46.0 Å². The zero-order valence-corrected chi connectivity index (χ0v) is 17.0. The number of carbonyl (C=O) groups is 3. The second-order valence-corrected chi connectivity index (χ2v) is 6.58. The maximum Gasteiger partial charge on any atom is 0.303 e. The molecule has 1 aromatic heterocycles. The van der Waals surface area contributed by atoms with Gasteiger partial charge in [-0.3, -0.25) is 14.4 Å². The van der Waals surface area contributed by atoms with E-state index in [-0.39, 0.29) is 0 Å². The number of hydrogen-bond acceptors (Lipinski definition) is 9. The van der Waals surface area contributed by atoms with Gasteiger partial charge in [-0.1, -0.05) is 28.1 Å². The minimum absolute atomic E-state index is 0.457. The van der Waals surface area contributed by atoms with E-state index in [4.69, 9.17) is 18.9 Å². The Labute approximate surface area is 164 Å². The maximum atomic E-state index is 11.7. The van der Waals surface area contributed by atoms with Crippen LogP contribution in [0.4, 0.5) is 0 Å². The first kappa shape index (κ1) is 21.3. The zero-order chi connectivity index (χ0) is 20.1. The highest BCUT2D eigenvalue weighted by Crippen LogP contribution is 2.35. The highest BCUT2D eigenvalue weighted by atomic mass is 79.9. The summed E-state index contributed by atoms with van der Waals surface area (Å²) in [5.74, 6) is -1.78. The largest absolute Gasteiger partial charge is 0.456 e. The van der Waals surface area contributed by atoms with Crippen molar-refractivity contribution in [1.29, 1.82) is 0 Å². The van der Waals surface area contributed by atoms with Crippen molar-refractivity contribution < 1.29 is 33.3 Å². The molecule has 0 unspecified atom stereocenters. The number of aromatic nitrogens is 3. The Kier molecular flexibility index (Phi) is 7.31. The first-order valence-electron chi connectivity index (χ1n) is 8.40. The topological polar surface area (TPSA) is 119 Å². The number of carbonyl (C=O) groups excluding carboxylic acids is 3. The van der Waals surface area contributed by atoms with Crippen LogP contribution in [-0.4, -0.2) is 57.3 Å². The molecule has 2 rings (SSSR count). The van der Waals surface area contributed by atoms with Crippen molar-refractivity contribution in [2.24, 2.45) is 0 Å². The van der Waals surface area contributed by atoms with Gasteiger partial charge in [-0.25, -0.2) is 4.68 Å². The van der Waals surface area contributed by atoms with Crippen molar-refractivity contribution >= 4 is 33.8 Å². The minimum atomic E-state index is -1.08.